The molecule has 0 bridgehead atoms. The van der Waals surface area contributed by atoms with Crippen molar-refractivity contribution in [3.63, 3.8) is 0 Å². The highest BCUT2D eigenvalue weighted by Crippen LogP contribution is 2.31. The van der Waals surface area contributed by atoms with Gasteiger partial charge in [-0.05, 0) is 51.3 Å². The SMILES string of the molecule is CC(C)(C)OC(=O)N1CCC(n2cc(-c3cnc(N)c(-c4nc5c(OCc6ccccc6)cccc5[nH]4)n3)cn2)CC1. The first-order valence-corrected chi connectivity index (χ1v) is 14.0. The normalized spacial score (nSPS) is 14.3. The summed E-state index contributed by atoms with van der Waals surface area (Å²) in [5.74, 6) is 1.45. The highest BCUT2D eigenvalue weighted by Gasteiger charge is 2.28. The summed E-state index contributed by atoms with van der Waals surface area (Å²) in [6, 6.07) is 15.9. The molecule has 216 valence electrons. The van der Waals surface area contributed by atoms with Gasteiger partial charge in [0.05, 0.1) is 29.6 Å². The first kappa shape index (κ1) is 27.3. The predicted octanol–water partition coefficient (Wildman–Crippen LogP) is 5.62. The first-order valence-electron chi connectivity index (χ1n) is 14.0. The maximum absolute atomic E-state index is 12.4. The monoisotopic (exact) mass is 566 g/mol. The van der Waals surface area contributed by atoms with E-state index in [1.54, 1.807) is 17.3 Å². The summed E-state index contributed by atoms with van der Waals surface area (Å²) in [6.45, 7) is 7.29. The number of hydrogen-bond acceptors (Lipinski definition) is 8. The average molecular weight is 567 g/mol. The second-order valence-corrected chi connectivity index (χ2v) is 11.4. The van der Waals surface area contributed by atoms with Crippen LogP contribution in [0.5, 0.6) is 5.75 Å². The van der Waals surface area contributed by atoms with Gasteiger partial charge in [-0.2, -0.15) is 5.10 Å². The zero-order valence-electron chi connectivity index (χ0n) is 23.9. The molecule has 0 spiro atoms. The third kappa shape index (κ3) is 5.90. The number of nitrogen functional groups attached to an aromatic ring is 1. The van der Waals surface area contributed by atoms with Crippen molar-refractivity contribution < 1.29 is 14.3 Å². The Labute approximate surface area is 243 Å². The molecule has 5 aromatic rings. The van der Waals surface area contributed by atoms with Gasteiger partial charge in [0.1, 0.15) is 29.2 Å². The lowest BCUT2D eigenvalue weighted by Crippen LogP contribution is -2.42. The van der Waals surface area contributed by atoms with E-state index in [0.717, 1.165) is 29.5 Å². The number of amides is 1. The lowest BCUT2D eigenvalue weighted by Gasteiger charge is -2.33. The van der Waals surface area contributed by atoms with Crippen LogP contribution in [0.1, 0.15) is 45.2 Å². The number of nitrogens with two attached hydrogens (primary N) is 1. The van der Waals surface area contributed by atoms with E-state index in [0.29, 0.717) is 48.2 Å². The summed E-state index contributed by atoms with van der Waals surface area (Å²) in [4.78, 5) is 31.5. The Morgan fingerprint density at radius 1 is 1.05 bits per heavy atom. The fourth-order valence-corrected chi connectivity index (χ4v) is 4.99. The largest absolute Gasteiger partial charge is 0.487 e. The molecular formula is C31H34N8O3. The van der Waals surface area contributed by atoms with Gasteiger partial charge in [-0.25, -0.2) is 19.7 Å². The Balaban J connectivity index is 1.18. The minimum atomic E-state index is -0.509. The molecule has 1 aliphatic heterocycles. The van der Waals surface area contributed by atoms with Crippen molar-refractivity contribution >= 4 is 22.9 Å². The fourth-order valence-electron chi connectivity index (χ4n) is 4.99. The van der Waals surface area contributed by atoms with Crippen molar-refractivity contribution in [3.05, 3.63) is 72.7 Å². The van der Waals surface area contributed by atoms with Crippen molar-refractivity contribution in [2.75, 3.05) is 18.8 Å². The van der Waals surface area contributed by atoms with Crippen molar-refractivity contribution in [2.45, 2.75) is 51.9 Å². The topological polar surface area (TPSA) is 137 Å². The number of H-pyrrole nitrogens is 1. The van der Waals surface area contributed by atoms with Crippen molar-refractivity contribution in [2.24, 2.45) is 0 Å². The minimum absolute atomic E-state index is 0.170. The van der Waals surface area contributed by atoms with Gasteiger partial charge in [0.15, 0.2) is 11.6 Å². The quantitative estimate of drug-likeness (QED) is 0.270. The Morgan fingerprint density at radius 3 is 2.60 bits per heavy atom. The fraction of sp³-hybridized carbons (Fsp3) is 0.323. The number of fused-ring (bicyclic) bond motifs is 1. The van der Waals surface area contributed by atoms with Gasteiger partial charge in [0.25, 0.3) is 0 Å². The van der Waals surface area contributed by atoms with Crippen LogP contribution in [0, 0.1) is 0 Å². The number of anilines is 1. The molecule has 3 N–H and O–H groups in total. The van der Waals surface area contributed by atoms with Gasteiger partial charge in [-0.3, -0.25) is 4.68 Å². The number of nitrogens with zero attached hydrogens (tertiary/aromatic N) is 6. The molecule has 1 amide bonds. The van der Waals surface area contributed by atoms with Gasteiger partial charge >= 0.3 is 6.09 Å². The molecule has 2 aromatic carbocycles. The molecular weight excluding hydrogens is 532 g/mol. The summed E-state index contributed by atoms with van der Waals surface area (Å²) in [5, 5.41) is 4.61. The minimum Gasteiger partial charge on any atom is -0.487 e. The number of imidazole rings is 1. The number of nitrogens with one attached hydrogen (secondary N) is 1. The number of carbonyl (C=O) groups excluding carboxylic acids is 1. The zero-order chi connectivity index (χ0) is 29.3. The maximum atomic E-state index is 12.4. The van der Waals surface area contributed by atoms with Crippen molar-refractivity contribution in [3.8, 4) is 28.5 Å². The van der Waals surface area contributed by atoms with E-state index >= 15 is 0 Å². The van der Waals surface area contributed by atoms with Crippen LogP contribution in [-0.4, -0.2) is 59.4 Å². The number of rotatable bonds is 6. The van der Waals surface area contributed by atoms with E-state index in [1.807, 2.05) is 80.2 Å². The molecule has 11 nitrogen and oxygen atoms in total. The van der Waals surface area contributed by atoms with Gasteiger partial charge in [0.2, 0.25) is 0 Å². The summed E-state index contributed by atoms with van der Waals surface area (Å²) >= 11 is 0. The highest BCUT2D eigenvalue weighted by molar-refractivity contribution is 5.85. The van der Waals surface area contributed by atoms with Crippen LogP contribution in [-0.2, 0) is 11.3 Å². The Hall–Kier alpha value is -4.93. The van der Waals surface area contributed by atoms with Gasteiger partial charge in [-0.1, -0.05) is 36.4 Å². The van der Waals surface area contributed by atoms with E-state index in [4.69, 9.17) is 25.2 Å². The van der Waals surface area contributed by atoms with Crippen molar-refractivity contribution in [1.82, 2.24) is 34.6 Å². The number of benzene rings is 2. The lowest BCUT2D eigenvalue weighted by molar-refractivity contribution is 0.0185. The van der Waals surface area contributed by atoms with E-state index in [9.17, 15) is 4.79 Å². The van der Waals surface area contributed by atoms with Crippen LogP contribution >= 0.6 is 0 Å². The van der Waals surface area contributed by atoms with Crippen LogP contribution in [0.4, 0.5) is 10.6 Å². The van der Waals surface area contributed by atoms with E-state index in [1.165, 1.54) is 0 Å². The summed E-state index contributed by atoms with van der Waals surface area (Å²) < 4.78 is 13.5. The molecule has 0 unspecified atom stereocenters. The molecule has 1 aliphatic rings. The predicted molar refractivity (Wildman–Crippen MR) is 160 cm³/mol. The van der Waals surface area contributed by atoms with Crippen LogP contribution in [0.15, 0.2) is 67.1 Å². The molecule has 42 heavy (non-hydrogen) atoms. The molecule has 0 aliphatic carbocycles. The molecule has 0 saturated carbocycles. The number of aromatic amines is 1. The van der Waals surface area contributed by atoms with Gasteiger partial charge < -0.3 is 25.1 Å². The molecule has 1 fully saturated rings. The molecule has 0 atom stereocenters. The number of likely N-dealkylation sites (tertiary alicyclic amines) is 1. The highest BCUT2D eigenvalue weighted by atomic mass is 16.6. The van der Waals surface area contributed by atoms with E-state index in [-0.39, 0.29) is 18.0 Å². The Morgan fingerprint density at radius 2 is 1.83 bits per heavy atom. The second kappa shape index (κ2) is 11.2. The first-order chi connectivity index (χ1) is 20.2. The number of aromatic nitrogens is 6. The Kier molecular flexibility index (Phi) is 7.24. The maximum Gasteiger partial charge on any atom is 0.410 e. The molecule has 11 heteroatoms. The smallest absolute Gasteiger partial charge is 0.410 e. The number of para-hydroxylation sites is 1. The molecule has 6 rings (SSSR count). The summed E-state index contributed by atoms with van der Waals surface area (Å²) in [6.07, 6.45) is 6.68. The number of piperidine rings is 1. The summed E-state index contributed by atoms with van der Waals surface area (Å²) in [5.41, 5.74) is 10.2. The third-order valence-electron chi connectivity index (χ3n) is 7.13. The molecule has 4 heterocycles. The van der Waals surface area contributed by atoms with Crippen LogP contribution in [0.2, 0.25) is 0 Å². The number of carbonyl (C=O) groups is 1. The van der Waals surface area contributed by atoms with Crippen LogP contribution in [0.3, 0.4) is 0 Å². The van der Waals surface area contributed by atoms with Crippen LogP contribution < -0.4 is 10.5 Å². The number of hydrogen-bond donors (Lipinski definition) is 2. The van der Waals surface area contributed by atoms with Gasteiger partial charge in [-0.15, -0.1) is 0 Å². The van der Waals surface area contributed by atoms with E-state index in [2.05, 4.69) is 15.1 Å². The molecule has 1 saturated heterocycles. The number of ether oxygens (including phenoxy) is 2. The van der Waals surface area contributed by atoms with E-state index < -0.39 is 5.60 Å². The van der Waals surface area contributed by atoms with Crippen LogP contribution in [0.25, 0.3) is 33.8 Å². The van der Waals surface area contributed by atoms with Gasteiger partial charge in [0, 0.05) is 24.8 Å². The average Bonchev–Trinajstić information content (AvgIpc) is 3.64. The molecule has 0 radical (unpaired) electrons. The third-order valence-corrected chi connectivity index (χ3v) is 7.13. The zero-order valence-corrected chi connectivity index (χ0v) is 23.9. The summed E-state index contributed by atoms with van der Waals surface area (Å²) in [7, 11) is 0. The molecule has 3 aromatic heterocycles. The Bertz CT molecular complexity index is 1700. The second-order valence-electron chi connectivity index (χ2n) is 11.4. The lowest BCUT2D eigenvalue weighted by atomic mass is 10.1. The van der Waals surface area contributed by atoms with Crippen molar-refractivity contribution in [1.29, 1.82) is 0 Å². The standard InChI is InChI=1S/C31H34N8O3/c1-31(2,3)42-30(40)38-14-12-22(13-15-38)39-18-21(16-34-39)24-17-33-28(32)27(35-24)29-36-23-10-7-11-25(26(23)37-29)41-19-20-8-5-4-6-9-20/h4-11,16-18,22H,12-15,19H2,1-3H3,(H2,32,33)(H,36,37).